The van der Waals surface area contributed by atoms with E-state index in [-0.39, 0.29) is 29.8 Å². The molecule has 0 aromatic heterocycles. The minimum Gasteiger partial charge on any atom is -0.492 e. The molecule has 6 nitrogen and oxygen atoms in total. The Hall–Kier alpha value is -1.91. The standard InChI is InChI=1S/C25H35FN4O2.HI/c1-3-27-25(28-18-20-6-4-8-22(26)16-20)29-19-21-7-5-9-24(17-21)32-15-12-30(2)23-10-13-31-14-11-23;/h4-9,16-17,23H,3,10-15,18-19H2,1-2H3,(H2,27,28,29);1H. The molecule has 182 valence electrons. The average Bonchev–Trinajstić information content (AvgIpc) is 2.82. The number of benzene rings is 2. The number of likely N-dealkylation sites (N-methyl/N-ethyl adjacent to an activating group) is 1. The van der Waals surface area contributed by atoms with Gasteiger partial charge in [-0.05, 0) is 62.2 Å². The van der Waals surface area contributed by atoms with Crippen molar-refractivity contribution in [1.82, 2.24) is 15.5 Å². The number of guanidine groups is 1. The molecule has 0 bridgehead atoms. The van der Waals surface area contributed by atoms with E-state index < -0.39 is 0 Å². The fourth-order valence-electron chi connectivity index (χ4n) is 3.69. The van der Waals surface area contributed by atoms with Gasteiger partial charge in [0.1, 0.15) is 18.2 Å². The minimum absolute atomic E-state index is 0. The van der Waals surface area contributed by atoms with Crippen molar-refractivity contribution in [2.45, 2.75) is 38.9 Å². The van der Waals surface area contributed by atoms with Crippen LogP contribution in [0.25, 0.3) is 0 Å². The molecule has 1 fully saturated rings. The van der Waals surface area contributed by atoms with E-state index in [1.54, 1.807) is 6.07 Å². The summed E-state index contributed by atoms with van der Waals surface area (Å²) < 4.78 is 24.8. The molecule has 1 heterocycles. The number of ether oxygens (including phenoxy) is 2. The van der Waals surface area contributed by atoms with Gasteiger partial charge >= 0.3 is 0 Å². The second kappa shape index (κ2) is 15.1. The topological polar surface area (TPSA) is 58.1 Å². The van der Waals surface area contributed by atoms with Gasteiger partial charge < -0.3 is 20.1 Å². The third-order valence-electron chi connectivity index (χ3n) is 5.54. The predicted octanol–water partition coefficient (Wildman–Crippen LogP) is 4.19. The van der Waals surface area contributed by atoms with Gasteiger partial charge in [-0.25, -0.2) is 9.38 Å². The van der Waals surface area contributed by atoms with Crippen LogP contribution in [0, 0.1) is 5.82 Å². The van der Waals surface area contributed by atoms with E-state index in [2.05, 4.69) is 39.7 Å². The fourth-order valence-corrected chi connectivity index (χ4v) is 3.69. The van der Waals surface area contributed by atoms with Crippen LogP contribution >= 0.6 is 24.0 Å². The van der Waals surface area contributed by atoms with E-state index in [0.717, 1.165) is 56.0 Å². The molecule has 33 heavy (non-hydrogen) atoms. The van der Waals surface area contributed by atoms with Gasteiger partial charge in [-0.2, -0.15) is 0 Å². The zero-order valence-corrected chi connectivity index (χ0v) is 21.9. The smallest absolute Gasteiger partial charge is 0.191 e. The number of hydrogen-bond acceptors (Lipinski definition) is 4. The van der Waals surface area contributed by atoms with Crippen LogP contribution in [0.1, 0.15) is 30.9 Å². The molecular weight excluding hydrogens is 534 g/mol. The molecule has 2 N–H and O–H groups in total. The largest absolute Gasteiger partial charge is 0.492 e. The van der Waals surface area contributed by atoms with Crippen LogP contribution in [-0.4, -0.2) is 56.9 Å². The molecule has 2 aromatic rings. The predicted molar refractivity (Wildman–Crippen MR) is 142 cm³/mol. The molecule has 0 aliphatic carbocycles. The second-order valence-corrected chi connectivity index (χ2v) is 8.00. The highest BCUT2D eigenvalue weighted by Crippen LogP contribution is 2.15. The van der Waals surface area contributed by atoms with E-state index in [0.29, 0.717) is 31.7 Å². The Labute approximate surface area is 214 Å². The molecular formula is C25H36FIN4O2. The molecule has 0 saturated carbocycles. The van der Waals surface area contributed by atoms with Crippen LogP contribution in [0.3, 0.4) is 0 Å². The zero-order valence-electron chi connectivity index (χ0n) is 19.6. The fraction of sp³-hybridized carbons (Fsp3) is 0.480. The van der Waals surface area contributed by atoms with Gasteiger partial charge in [-0.3, -0.25) is 4.90 Å². The highest BCUT2D eigenvalue weighted by Gasteiger charge is 2.17. The summed E-state index contributed by atoms with van der Waals surface area (Å²) in [5.74, 6) is 1.32. The van der Waals surface area contributed by atoms with Crippen molar-refractivity contribution >= 4 is 29.9 Å². The van der Waals surface area contributed by atoms with Crippen molar-refractivity contribution in [2.24, 2.45) is 4.99 Å². The zero-order chi connectivity index (χ0) is 22.6. The monoisotopic (exact) mass is 570 g/mol. The maximum absolute atomic E-state index is 13.4. The second-order valence-electron chi connectivity index (χ2n) is 8.00. The lowest BCUT2D eigenvalue weighted by atomic mass is 10.1. The van der Waals surface area contributed by atoms with Gasteiger partial charge in [0, 0.05) is 38.9 Å². The number of nitrogens with one attached hydrogen (secondary N) is 2. The van der Waals surface area contributed by atoms with E-state index >= 15 is 0 Å². The van der Waals surface area contributed by atoms with Gasteiger partial charge in [-0.15, -0.1) is 24.0 Å². The highest BCUT2D eigenvalue weighted by molar-refractivity contribution is 14.0. The number of aliphatic imine (C=N–C) groups is 1. The summed E-state index contributed by atoms with van der Waals surface area (Å²) in [4.78, 5) is 6.92. The molecule has 1 aliphatic heterocycles. The Morgan fingerprint density at radius 1 is 1.12 bits per heavy atom. The van der Waals surface area contributed by atoms with Crippen LogP contribution in [0.2, 0.25) is 0 Å². The SMILES string of the molecule is CCNC(=NCc1cccc(F)c1)NCc1cccc(OCCN(C)C2CCOCC2)c1.I. The summed E-state index contributed by atoms with van der Waals surface area (Å²) in [7, 11) is 2.16. The lowest BCUT2D eigenvalue weighted by Crippen LogP contribution is -2.38. The maximum Gasteiger partial charge on any atom is 0.191 e. The summed E-state index contributed by atoms with van der Waals surface area (Å²) in [6.45, 7) is 7.05. The Bertz CT molecular complexity index is 862. The number of hydrogen-bond donors (Lipinski definition) is 2. The van der Waals surface area contributed by atoms with Gasteiger partial charge in [0.2, 0.25) is 0 Å². The Kier molecular flexibility index (Phi) is 12.5. The molecule has 0 radical (unpaired) electrons. The molecule has 8 heteroatoms. The Balaban J connectivity index is 0.00000385. The van der Waals surface area contributed by atoms with Crippen molar-refractivity contribution in [2.75, 3.05) is 40.0 Å². The number of nitrogens with zero attached hydrogens (tertiary/aromatic N) is 2. The Morgan fingerprint density at radius 2 is 1.88 bits per heavy atom. The molecule has 2 aromatic carbocycles. The van der Waals surface area contributed by atoms with E-state index in [4.69, 9.17) is 9.47 Å². The van der Waals surface area contributed by atoms with Crippen molar-refractivity contribution in [3.63, 3.8) is 0 Å². The molecule has 0 spiro atoms. The Morgan fingerprint density at radius 3 is 2.64 bits per heavy atom. The lowest BCUT2D eigenvalue weighted by Gasteiger charge is -2.31. The van der Waals surface area contributed by atoms with E-state index in [9.17, 15) is 4.39 Å². The molecule has 1 saturated heterocycles. The van der Waals surface area contributed by atoms with Gasteiger partial charge in [0.05, 0.1) is 6.54 Å². The van der Waals surface area contributed by atoms with Crippen molar-refractivity contribution in [1.29, 1.82) is 0 Å². The van der Waals surface area contributed by atoms with Gasteiger partial charge in [-0.1, -0.05) is 24.3 Å². The van der Waals surface area contributed by atoms with Crippen molar-refractivity contribution in [3.8, 4) is 5.75 Å². The molecule has 0 atom stereocenters. The van der Waals surface area contributed by atoms with Gasteiger partial charge in [0.25, 0.3) is 0 Å². The first-order chi connectivity index (χ1) is 15.6. The third kappa shape index (κ3) is 9.85. The first-order valence-corrected chi connectivity index (χ1v) is 11.4. The molecule has 1 aliphatic rings. The average molecular weight is 570 g/mol. The van der Waals surface area contributed by atoms with Crippen LogP contribution in [-0.2, 0) is 17.8 Å². The minimum atomic E-state index is -0.244. The van der Waals surface area contributed by atoms with E-state index in [1.165, 1.54) is 12.1 Å². The summed E-state index contributed by atoms with van der Waals surface area (Å²) in [6, 6.07) is 15.2. The molecule has 0 unspecified atom stereocenters. The summed E-state index contributed by atoms with van der Waals surface area (Å²) in [6.07, 6.45) is 2.18. The summed E-state index contributed by atoms with van der Waals surface area (Å²) in [5, 5.41) is 6.57. The third-order valence-corrected chi connectivity index (χ3v) is 5.54. The van der Waals surface area contributed by atoms with Crippen LogP contribution in [0.5, 0.6) is 5.75 Å². The van der Waals surface area contributed by atoms with Crippen LogP contribution < -0.4 is 15.4 Å². The normalized spacial score (nSPS) is 14.6. The van der Waals surface area contributed by atoms with Crippen LogP contribution in [0.4, 0.5) is 4.39 Å². The lowest BCUT2D eigenvalue weighted by molar-refractivity contribution is 0.0392. The number of halogens is 2. The van der Waals surface area contributed by atoms with E-state index in [1.807, 2.05) is 25.1 Å². The highest BCUT2D eigenvalue weighted by atomic mass is 127. The first-order valence-electron chi connectivity index (χ1n) is 11.4. The number of rotatable bonds is 10. The molecule has 0 amide bonds. The maximum atomic E-state index is 13.4. The first kappa shape index (κ1) is 27.3. The van der Waals surface area contributed by atoms with Crippen molar-refractivity contribution in [3.05, 3.63) is 65.5 Å². The summed E-state index contributed by atoms with van der Waals surface area (Å²) in [5.41, 5.74) is 1.94. The van der Waals surface area contributed by atoms with Crippen LogP contribution in [0.15, 0.2) is 53.5 Å². The summed E-state index contributed by atoms with van der Waals surface area (Å²) >= 11 is 0. The quantitative estimate of drug-likeness (QED) is 0.255. The van der Waals surface area contributed by atoms with Gasteiger partial charge in [0.15, 0.2) is 5.96 Å². The van der Waals surface area contributed by atoms with Crippen molar-refractivity contribution < 1.29 is 13.9 Å². The molecule has 3 rings (SSSR count).